The summed E-state index contributed by atoms with van der Waals surface area (Å²) in [6.07, 6.45) is 6.38. The quantitative estimate of drug-likeness (QED) is 0.815. The normalized spacial score (nSPS) is 15.7. The molecule has 1 aromatic heterocycles. The molecular formula is C14H24N2O2. The second-order valence-corrected chi connectivity index (χ2v) is 5.24. The first-order chi connectivity index (χ1) is 8.74. The van der Waals surface area contributed by atoms with E-state index in [1.807, 2.05) is 0 Å². The van der Waals surface area contributed by atoms with E-state index >= 15 is 0 Å². The molecule has 102 valence electrons. The van der Waals surface area contributed by atoms with Gasteiger partial charge in [0.1, 0.15) is 11.5 Å². The van der Waals surface area contributed by atoms with Crippen molar-refractivity contribution in [2.24, 2.45) is 0 Å². The lowest BCUT2D eigenvalue weighted by molar-refractivity contribution is 0.148. The van der Waals surface area contributed by atoms with Gasteiger partial charge in [-0.3, -0.25) is 0 Å². The lowest BCUT2D eigenvalue weighted by Gasteiger charge is -2.30. The molecule has 4 nitrogen and oxygen atoms in total. The highest BCUT2D eigenvalue weighted by atomic mass is 16.5. The summed E-state index contributed by atoms with van der Waals surface area (Å²) in [7, 11) is 0. The molecule has 18 heavy (non-hydrogen) atoms. The first-order valence-corrected chi connectivity index (χ1v) is 7.07. The topological polar surface area (TPSA) is 58.3 Å². The Labute approximate surface area is 109 Å². The van der Waals surface area contributed by atoms with E-state index in [9.17, 15) is 5.11 Å². The van der Waals surface area contributed by atoms with Gasteiger partial charge in [0.05, 0.1) is 6.61 Å². The van der Waals surface area contributed by atoms with Gasteiger partial charge in [0.15, 0.2) is 0 Å². The Bertz CT molecular complexity index is 375. The molecular weight excluding hydrogens is 228 g/mol. The number of aliphatic hydroxyl groups is 1. The van der Waals surface area contributed by atoms with Crippen LogP contribution in [0, 0.1) is 0 Å². The molecule has 1 aromatic rings. The van der Waals surface area contributed by atoms with Crippen LogP contribution >= 0.6 is 0 Å². The van der Waals surface area contributed by atoms with E-state index in [-0.39, 0.29) is 12.1 Å². The van der Waals surface area contributed by atoms with E-state index < -0.39 is 0 Å². The van der Waals surface area contributed by atoms with Crippen molar-refractivity contribution in [2.45, 2.75) is 64.5 Å². The summed E-state index contributed by atoms with van der Waals surface area (Å²) in [5, 5.41) is 17.2. The highest BCUT2D eigenvalue weighted by Gasteiger charge is 2.26. The molecule has 0 unspecified atom stereocenters. The maximum absolute atomic E-state index is 9.54. The van der Waals surface area contributed by atoms with E-state index in [4.69, 9.17) is 4.52 Å². The fourth-order valence-corrected chi connectivity index (χ4v) is 2.64. The highest BCUT2D eigenvalue weighted by Crippen LogP contribution is 2.25. The number of rotatable bonds is 6. The number of fused-ring (bicyclic) bond motifs is 1. The predicted molar refractivity (Wildman–Crippen MR) is 70.4 cm³/mol. The lowest BCUT2D eigenvalue weighted by atomic mass is 9.92. The zero-order chi connectivity index (χ0) is 13.0. The lowest BCUT2D eigenvalue weighted by Crippen LogP contribution is -2.47. The number of aryl methyl sites for hydroxylation is 1. The Balaban J connectivity index is 2.03. The van der Waals surface area contributed by atoms with Crippen LogP contribution in [0.2, 0.25) is 0 Å². The second-order valence-electron chi connectivity index (χ2n) is 5.24. The number of aliphatic hydroxyl groups excluding tert-OH is 1. The molecule has 0 aromatic carbocycles. The van der Waals surface area contributed by atoms with Crippen molar-refractivity contribution in [3.8, 4) is 0 Å². The van der Waals surface area contributed by atoms with E-state index in [1.165, 1.54) is 18.4 Å². The maximum atomic E-state index is 9.54. The van der Waals surface area contributed by atoms with Gasteiger partial charge in [-0.25, -0.2) is 0 Å². The van der Waals surface area contributed by atoms with Gasteiger partial charge in [0.2, 0.25) is 0 Å². The van der Waals surface area contributed by atoms with Crippen LogP contribution < -0.4 is 5.32 Å². The van der Waals surface area contributed by atoms with Gasteiger partial charge in [-0.05, 0) is 32.1 Å². The molecule has 0 amide bonds. The van der Waals surface area contributed by atoms with Gasteiger partial charge in [-0.15, -0.1) is 0 Å². The molecule has 0 atom stereocenters. The van der Waals surface area contributed by atoms with Crippen LogP contribution in [0.25, 0.3) is 0 Å². The molecule has 0 bridgehead atoms. The van der Waals surface area contributed by atoms with Gasteiger partial charge in [-0.1, -0.05) is 19.0 Å². The van der Waals surface area contributed by atoms with Crippen LogP contribution in [0.3, 0.4) is 0 Å². The fraction of sp³-hybridized carbons (Fsp3) is 0.786. The van der Waals surface area contributed by atoms with Gasteiger partial charge in [0.25, 0.3) is 0 Å². The predicted octanol–water partition coefficient (Wildman–Crippen LogP) is 2.19. The Kier molecular flexibility index (Phi) is 4.40. The van der Waals surface area contributed by atoms with Crippen LogP contribution in [-0.4, -0.2) is 22.4 Å². The largest absolute Gasteiger partial charge is 0.394 e. The maximum Gasteiger partial charge on any atom is 0.140 e. The summed E-state index contributed by atoms with van der Waals surface area (Å²) >= 11 is 0. The van der Waals surface area contributed by atoms with Crippen LogP contribution in [0.15, 0.2) is 4.52 Å². The summed E-state index contributed by atoms with van der Waals surface area (Å²) in [5.41, 5.74) is 2.15. The fourth-order valence-electron chi connectivity index (χ4n) is 2.64. The van der Waals surface area contributed by atoms with Crippen molar-refractivity contribution < 1.29 is 9.63 Å². The summed E-state index contributed by atoms with van der Waals surface area (Å²) < 4.78 is 5.40. The molecule has 0 spiro atoms. The minimum absolute atomic E-state index is 0.167. The van der Waals surface area contributed by atoms with Crippen molar-refractivity contribution in [1.82, 2.24) is 10.5 Å². The van der Waals surface area contributed by atoms with Crippen LogP contribution in [0.1, 0.15) is 56.5 Å². The van der Waals surface area contributed by atoms with Gasteiger partial charge >= 0.3 is 0 Å². The summed E-state index contributed by atoms with van der Waals surface area (Å²) in [6.45, 7) is 5.07. The smallest absolute Gasteiger partial charge is 0.140 e. The van der Waals surface area contributed by atoms with Crippen molar-refractivity contribution in [1.29, 1.82) is 0 Å². The second kappa shape index (κ2) is 5.85. The van der Waals surface area contributed by atoms with E-state index in [0.29, 0.717) is 6.54 Å². The number of nitrogens with zero attached hydrogens (tertiary/aromatic N) is 1. The van der Waals surface area contributed by atoms with Gasteiger partial charge < -0.3 is 14.9 Å². The molecule has 1 heterocycles. The Morgan fingerprint density at radius 1 is 1.28 bits per heavy atom. The number of hydrogen-bond donors (Lipinski definition) is 2. The van der Waals surface area contributed by atoms with Gasteiger partial charge in [-0.2, -0.15) is 0 Å². The number of nitrogens with one attached hydrogen (secondary N) is 1. The first-order valence-electron chi connectivity index (χ1n) is 7.07. The zero-order valence-corrected chi connectivity index (χ0v) is 11.5. The summed E-state index contributed by atoms with van der Waals surface area (Å²) in [4.78, 5) is 0. The van der Waals surface area contributed by atoms with Crippen molar-refractivity contribution in [2.75, 3.05) is 6.61 Å². The van der Waals surface area contributed by atoms with Crippen molar-refractivity contribution in [3.63, 3.8) is 0 Å². The Morgan fingerprint density at radius 3 is 2.67 bits per heavy atom. The standard InChI is InChI=1S/C14H24N2O2/c1-3-14(4-2,10-17)15-9-12-11-7-5-6-8-13(11)18-16-12/h15,17H,3-10H2,1-2H3. The molecule has 0 saturated carbocycles. The monoisotopic (exact) mass is 252 g/mol. The van der Waals surface area contributed by atoms with Crippen molar-refractivity contribution >= 4 is 0 Å². The average molecular weight is 252 g/mol. The van der Waals surface area contributed by atoms with E-state index in [1.54, 1.807) is 0 Å². The summed E-state index contributed by atoms with van der Waals surface area (Å²) in [6, 6.07) is 0. The highest BCUT2D eigenvalue weighted by molar-refractivity contribution is 5.25. The minimum Gasteiger partial charge on any atom is -0.394 e. The molecule has 2 rings (SSSR count). The molecule has 0 aliphatic heterocycles. The van der Waals surface area contributed by atoms with Crippen LogP contribution in [0.4, 0.5) is 0 Å². The van der Waals surface area contributed by atoms with Crippen LogP contribution in [-0.2, 0) is 19.4 Å². The molecule has 0 saturated heterocycles. The minimum atomic E-state index is -0.180. The summed E-state index contributed by atoms with van der Waals surface area (Å²) in [5.74, 6) is 1.07. The number of hydrogen-bond acceptors (Lipinski definition) is 4. The Morgan fingerprint density at radius 2 is 2.00 bits per heavy atom. The molecule has 0 radical (unpaired) electrons. The molecule has 4 heteroatoms. The zero-order valence-electron chi connectivity index (χ0n) is 11.5. The molecule has 0 fully saturated rings. The average Bonchev–Trinajstić information content (AvgIpc) is 2.85. The third kappa shape index (κ3) is 2.59. The number of aromatic nitrogens is 1. The van der Waals surface area contributed by atoms with Crippen molar-refractivity contribution in [3.05, 3.63) is 17.0 Å². The SMILES string of the molecule is CCC(CC)(CO)NCc1noc2c1CCCC2. The van der Waals surface area contributed by atoms with Crippen LogP contribution in [0.5, 0.6) is 0 Å². The first kappa shape index (κ1) is 13.6. The third-order valence-corrected chi connectivity index (χ3v) is 4.32. The molecule has 1 aliphatic rings. The third-order valence-electron chi connectivity index (χ3n) is 4.32. The van der Waals surface area contributed by atoms with Gasteiger partial charge in [0, 0.05) is 24.1 Å². The van der Waals surface area contributed by atoms with E-state index in [2.05, 4.69) is 24.3 Å². The van der Waals surface area contributed by atoms with E-state index in [0.717, 1.165) is 37.1 Å². The molecule has 2 N–H and O–H groups in total. The molecule has 1 aliphatic carbocycles. The Hall–Kier alpha value is -0.870.